The average Bonchev–Trinajstić information content (AvgIpc) is 2.66. The van der Waals surface area contributed by atoms with E-state index in [1.807, 2.05) is 18.0 Å². The van der Waals surface area contributed by atoms with Crippen molar-refractivity contribution in [2.75, 3.05) is 60.0 Å². The molecule has 1 aromatic carbocycles. The molecule has 3 aliphatic rings. The van der Waals surface area contributed by atoms with Gasteiger partial charge in [-0.3, -0.25) is 14.8 Å². The summed E-state index contributed by atoms with van der Waals surface area (Å²) in [5.74, 6) is 0.801. The first-order chi connectivity index (χ1) is 12.6. The Morgan fingerprint density at radius 2 is 2.07 bits per heavy atom. The van der Waals surface area contributed by atoms with Crippen LogP contribution in [0, 0.1) is 5.82 Å². The maximum Gasteiger partial charge on any atom is 0.194 e. The second-order valence-electron chi connectivity index (χ2n) is 7.01. The summed E-state index contributed by atoms with van der Waals surface area (Å²) in [5.41, 5.74) is 0.892. The third kappa shape index (κ3) is 5.68. The van der Waals surface area contributed by atoms with Gasteiger partial charge in [0.2, 0.25) is 0 Å². The molecule has 6 nitrogen and oxygen atoms in total. The van der Waals surface area contributed by atoms with Crippen LogP contribution in [-0.4, -0.2) is 86.7 Å². The number of fused-ring (bicyclic) bond motifs is 3. The zero-order valence-corrected chi connectivity index (χ0v) is 18.8. The van der Waals surface area contributed by atoms with Gasteiger partial charge in [-0.1, -0.05) is 6.07 Å². The van der Waals surface area contributed by atoms with Crippen LogP contribution in [0.4, 0.5) is 4.39 Å². The number of guanidine groups is 1. The Morgan fingerprint density at radius 3 is 2.63 bits per heavy atom. The van der Waals surface area contributed by atoms with E-state index in [0.29, 0.717) is 12.6 Å². The van der Waals surface area contributed by atoms with Crippen LogP contribution >= 0.6 is 24.0 Å². The van der Waals surface area contributed by atoms with Crippen molar-refractivity contribution in [2.45, 2.75) is 19.5 Å². The fraction of sp³-hybridized carbons (Fsp3) is 0.632. The molecule has 152 valence electrons. The van der Waals surface area contributed by atoms with Crippen LogP contribution in [0.2, 0.25) is 0 Å². The summed E-state index contributed by atoms with van der Waals surface area (Å²) in [7, 11) is 3.46. The molecular weight excluding hydrogens is 460 g/mol. The predicted molar refractivity (Wildman–Crippen MR) is 118 cm³/mol. The van der Waals surface area contributed by atoms with Gasteiger partial charge in [0.15, 0.2) is 17.5 Å². The smallest absolute Gasteiger partial charge is 0.194 e. The molecule has 3 aliphatic heterocycles. The number of aliphatic imine (C=N–C) groups is 1. The summed E-state index contributed by atoms with van der Waals surface area (Å²) < 4.78 is 18.9. The highest BCUT2D eigenvalue weighted by Gasteiger charge is 2.31. The van der Waals surface area contributed by atoms with Gasteiger partial charge in [-0.15, -0.1) is 24.0 Å². The highest BCUT2D eigenvalue weighted by atomic mass is 127. The number of hydrogen-bond donors (Lipinski definition) is 1. The van der Waals surface area contributed by atoms with Crippen molar-refractivity contribution in [3.63, 3.8) is 0 Å². The SMILES string of the molecule is CCNC(=NCC1CN2CCN1CC2)N(C)Cc1ccc(OC)c(F)c1.I. The number of nitrogens with one attached hydrogen (secondary N) is 1. The van der Waals surface area contributed by atoms with Crippen LogP contribution in [0.15, 0.2) is 23.2 Å². The minimum absolute atomic E-state index is 0. The molecule has 0 aromatic heterocycles. The number of nitrogens with zero attached hydrogens (tertiary/aromatic N) is 4. The molecule has 3 fully saturated rings. The average molecular weight is 491 g/mol. The molecule has 2 bridgehead atoms. The van der Waals surface area contributed by atoms with Crippen molar-refractivity contribution in [1.82, 2.24) is 20.0 Å². The topological polar surface area (TPSA) is 43.3 Å². The number of rotatable bonds is 6. The van der Waals surface area contributed by atoms with Crippen LogP contribution < -0.4 is 10.1 Å². The molecule has 1 atom stereocenters. The van der Waals surface area contributed by atoms with Crippen LogP contribution in [-0.2, 0) is 6.54 Å². The molecule has 0 amide bonds. The molecule has 3 saturated heterocycles. The second-order valence-corrected chi connectivity index (χ2v) is 7.01. The number of halogens is 2. The zero-order chi connectivity index (χ0) is 18.5. The lowest BCUT2D eigenvalue weighted by Gasteiger charge is -2.47. The summed E-state index contributed by atoms with van der Waals surface area (Å²) in [6.45, 7) is 10.0. The Balaban J connectivity index is 0.00000261. The van der Waals surface area contributed by atoms with Gasteiger partial charge in [0, 0.05) is 58.9 Å². The van der Waals surface area contributed by atoms with Gasteiger partial charge >= 0.3 is 0 Å². The molecule has 0 radical (unpaired) electrons. The number of piperazine rings is 3. The maximum absolute atomic E-state index is 13.9. The van der Waals surface area contributed by atoms with Gasteiger partial charge in [-0.25, -0.2) is 4.39 Å². The fourth-order valence-corrected chi connectivity index (χ4v) is 3.72. The van der Waals surface area contributed by atoms with E-state index in [9.17, 15) is 4.39 Å². The lowest BCUT2D eigenvalue weighted by Crippen LogP contribution is -2.62. The summed E-state index contributed by atoms with van der Waals surface area (Å²) in [5, 5.41) is 3.35. The second kappa shape index (κ2) is 10.4. The van der Waals surface area contributed by atoms with Crippen LogP contribution in [0.3, 0.4) is 0 Å². The van der Waals surface area contributed by atoms with E-state index in [1.165, 1.54) is 26.3 Å². The highest BCUT2D eigenvalue weighted by Crippen LogP contribution is 2.19. The maximum atomic E-state index is 13.9. The molecule has 0 aliphatic carbocycles. The molecule has 4 rings (SSSR count). The third-order valence-corrected chi connectivity index (χ3v) is 5.18. The van der Waals surface area contributed by atoms with Crippen molar-refractivity contribution in [3.05, 3.63) is 29.6 Å². The molecule has 3 heterocycles. The van der Waals surface area contributed by atoms with Crippen LogP contribution in [0.5, 0.6) is 5.75 Å². The van der Waals surface area contributed by atoms with E-state index in [2.05, 4.69) is 22.0 Å². The predicted octanol–water partition coefficient (Wildman–Crippen LogP) is 1.85. The standard InChI is InChI=1S/C19H30FN5O.HI/c1-4-21-19(22-12-16-14-24-7-9-25(16)10-8-24)23(2)13-15-5-6-18(26-3)17(20)11-15;/h5-6,11,16H,4,7-10,12-14H2,1-3H3,(H,21,22);1H. The van der Waals surface area contributed by atoms with E-state index in [4.69, 9.17) is 9.73 Å². The van der Waals surface area contributed by atoms with E-state index in [1.54, 1.807) is 6.07 Å². The lowest BCUT2D eigenvalue weighted by molar-refractivity contribution is 0.0173. The Bertz CT molecular complexity index is 637. The van der Waals surface area contributed by atoms with Gasteiger partial charge in [0.25, 0.3) is 0 Å². The molecule has 0 saturated carbocycles. The third-order valence-electron chi connectivity index (χ3n) is 5.18. The lowest BCUT2D eigenvalue weighted by atomic mass is 10.1. The molecule has 1 aromatic rings. The number of hydrogen-bond acceptors (Lipinski definition) is 4. The first-order valence-electron chi connectivity index (χ1n) is 9.39. The van der Waals surface area contributed by atoms with Crippen molar-refractivity contribution in [2.24, 2.45) is 4.99 Å². The van der Waals surface area contributed by atoms with E-state index in [-0.39, 0.29) is 35.5 Å². The quantitative estimate of drug-likeness (QED) is 0.374. The summed E-state index contributed by atoms with van der Waals surface area (Å²) in [4.78, 5) is 12.0. The summed E-state index contributed by atoms with van der Waals surface area (Å²) in [6, 6.07) is 5.58. The largest absolute Gasteiger partial charge is 0.494 e. The van der Waals surface area contributed by atoms with E-state index >= 15 is 0 Å². The molecule has 8 heteroatoms. The molecule has 0 spiro atoms. The molecule has 1 unspecified atom stereocenters. The Morgan fingerprint density at radius 1 is 1.33 bits per heavy atom. The van der Waals surface area contributed by atoms with E-state index in [0.717, 1.165) is 44.2 Å². The Labute approximate surface area is 178 Å². The monoisotopic (exact) mass is 491 g/mol. The van der Waals surface area contributed by atoms with Crippen molar-refractivity contribution in [3.8, 4) is 5.75 Å². The van der Waals surface area contributed by atoms with E-state index < -0.39 is 0 Å². The van der Waals surface area contributed by atoms with Gasteiger partial charge in [-0.2, -0.15) is 0 Å². The number of benzene rings is 1. The van der Waals surface area contributed by atoms with Gasteiger partial charge in [-0.05, 0) is 24.6 Å². The number of ether oxygens (including phenoxy) is 1. The van der Waals surface area contributed by atoms with Crippen molar-refractivity contribution < 1.29 is 9.13 Å². The first-order valence-corrected chi connectivity index (χ1v) is 9.39. The zero-order valence-electron chi connectivity index (χ0n) is 16.4. The van der Waals surface area contributed by atoms with Crippen LogP contribution in [0.1, 0.15) is 12.5 Å². The van der Waals surface area contributed by atoms with Crippen molar-refractivity contribution >= 4 is 29.9 Å². The Hall–Kier alpha value is -1.13. The van der Waals surface area contributed by atoms with Crippen LogP contribution in [0.25, 0.3) is 0 Å². The minimum Gasteiger partial charge on any atom is -0.494 e. The fourth-order valence-electron chi connectivity index (χ4n) is 3.72. The minimum atomic E-state index is -0.333. The van der Waals surface area contributed by atoms with Gasteiger partial charge in [0.1, 0.15) is 0 Å². The van der Waals surface area contributed by atoms with Gasteiger partial charge in [0.05, 0.1) is 13.7 Å². The van der Waals surface area contributed by atoms with Gasteiger partial charge < -0.3 is 15.0 Å². The molecular formula is C19H31FIN5O. The summed E-state index contributed by atoms with van der Waals surface area (Å²) >= 11 is 0. The molecule has 1 N–H and O–H groups in total. The highest BCUT2D eigenvalue weighted by molar-refractivity contribution is 14.0. The van der Waals surface area contributed by atoms with Crippen molar-refractivity contribution in [1.29, 1.82) is 0 Å². The Kier molecular flexibility index (Phi) is 8.56. The first kappa shape index (κ1) is 22.2. The number of methoxy groups -OCH3 is 1. The molecule has 27 heavy (non-hydrogen) atoms. The normalized spacial score (nSPS) is 24.3. The summed E-state index contributed by atoms with van der Waals surface area (Å²) in [6.07, 6.45) is 0.